The molecule has 27 heavy (non-hydrogen) atoms. The van der Waals surface area contributed by atoms with Gasteiger partial charge in [-0.25, -0.2) is 9.07 Å². The van der Waals surface area contributed by atoms with Crippen molar-refractivity contribution in [1.29, 1.82) is 0 Å². The van der Waals surface area contributed by atoms with Crippen molar-refractivity contribution in [2.45, 2.75) is 18.5 Å². The summed E-state index contributed by atoms with van der Waals surface area (Å²) in [4.78, 5) is 17.1. The summed E-state index contributed by atoms with van der Waals surface area (Å²) in [7, 11) is 0. The molecule has 3 heterocycles. The number of aromatic nitrogens is 3. The van der Waals surface area contributed by atoms with Crippen LogP contribution in [-0.2, 0) is 5.66 Å². The molecule has 1 fully saturated rings. The van der Waals surface area contributed by atoms with Crippen molar-refractivity contribution in [2.24, 2.45) is 0 Å². The Morgan fingerprint density at radius 1 is 1.19 bits per heavy atom. The van der Waals surface area contributed by atoms with Crippen LogP contribution in [0.5, 0.6) is 0 Å². The molecule has 3 aromatic rings. The highest BCUT2D eigenvalue weighted by Crippen LogP contribution is 2.42. The molecule has 0 bridgehead atoms. The van der Waals surface area contributed by atoms with Gasteiger partial charge in [-0.2, -0.15) is 21.8 Å². The summed E-state index contributed by atoms with van der Waals surface area (Å²) in [5, 5.41) is 8.26. The second kappa shape index (κ2) is 6.20. The molecule has 5 rings (SSSR count). The zero-order valence-corrected chi connectivity index (χ0v) is 15.3. The number of rotatable bonds is 1. The number of nitrogens with zero attached hydrogens (tertiary/aromatic N) is 3. The third-order valence-corrected chi connectivity index (χ3v) is 6.33. The number of hydrogen-bond acceptors (Lipinski definition) is 5. The molecule has 0 amide bonds. The second-order valence-electron chi connectivity index (χ2n) is 6.87. The molecular weight excluding hydrogens is 363 g/mol. The number of benzene rings is 2. The first kappa shape index (κ1) is 16.5. The number of hydrogen-bond donors (Lipinski definition) is 1. The lowest BCUT2D eigenvalue weighted by Gasteiger charge is -2.43. The van der Waals surface area contributed by atoms with E-state index in [0.717, 1.165) is 29.9 Å². The predicted octanol–water partition coefficient (Wildman–Crippen LogP) is 3.72. The van der Waals surface area contributed by atoms with Crippen molar-refractivity contribution in [2.75, 3.05) is 16.8 Å². The average Bonchev–Trinajstić information content (AvgIpc) is 2.69. The van der Waals surface area contributed by atoms with Gasteiger partial charge < -0.3 is 5.32 Å². The van der Waals surface area contributed by atoms with Gasteiger partial charge in [-0.05, 0) is 36.8 Å². The van der Waals surface area contributed by atoms with Crippen LogP contribution in [0.1, 0.15) is 12.8 Å². The molecule has 2 aliphatic heterocycles. The lowest BCUT2D eigenvalue weighted by Crippen LogP contribution is -2.51. The molecule has 7 heteroatoms. The summed E-state index contributed by atoms with van der Waals surface area (Å²) in [6.45, 7) is 0. The lowest BCUT2D eigenvalue weighted by atomic mass is 9.99. The normalized spacial score (nSPS) is 20.6. The van der Waals surface area contributed by atoms with Crippen LogP contribution in [0.2, 0.25) is 0 Å². The van der Waals surface area contributed by atoms with Gasteiger partial charge in [0.2, 0.25) is 0 Å². The largest absolute Gasteiger partial charge is 0.360 e. The lowest BCUT2D eigenvalue weighted by molar-refractivity contribution is 0.298. The fraction of sp³-hybridized carbons (Fsp3) is 0.250. The molecule has 2 aromatic carbocycles. The van der Waals surface area contributed by atoms with Crippen LogP contribution in [-0.4, -0.2) is 26.3 Å². The summed E-state index contributed by atoms with van der Waals surface area (Å²) in [6.07, 6.45) is 1.85. The Labute approximate surface area is 159 Å². The maximum atomic E-state index is 13.8. The van der Waals surface area contributed by atoms with E-state index in [1.807, 2.05) is 46.8 Å². The first-order valence-corrected chi connectivity index (χ1v) is 10.0. The Morgan fingerprint density at radius 2 is 2.04 bits per heavy atom. The number of thioether (sulfide) groups is 1. The van der Waals surface area contributed by atoms with Crippen LogP contribution < -0.4 is 10.9 Å². The number of nitrogens with one attached hydrogen (secondary N) is 1. The van der Waals surface area contributed by atoms with Crippen molar-refractivity contribution in [3.05, 3.63) is 64.7 Å². The second-order valence-corrected chi connectivity index (χ2v) is 7.97. The van der Waals surface area contributed by atoms with E-state index < -0.39 is 5.66 Å². The van der Waals surface area contributed by atoms with Gasteiger partial charge in [0.05, 0.1) is 0 Å². The average molecular weight is 380 g/mol. The Hall–Kier alpha value is -2.67. The van der Waals surface area contributed by atoms with E-state index in [0.29, 0.717) is 22.8 Å². The van der Waals surface area contributed by atoms with E-state index in [1.165, 1.54) is 12.1 Å². The first-order valence-electron chi connectivity index (χ1n) is 8.89. The first-order chi connectivity index (χ1) is 13.2. The summed E-state index contributed by atoms with van der Waals surface area (Å²) >= 11 is 1.83. The van der Waals surface area contributed by atoms with E-state index in [4.69, 9.17) is 5.10 Å². The Bertz CT molecular complexity index is 1080. The highest BCUT2D eigenvalue weighted by molar-refractivity contribution is 7.99. The minimum Gasteiger partial charge on any atom is -0.360 e. The van der Waals surface area contributed by atoms with Crippen molar-refractivity contribution < 1.29 is 4.39 Å². The third-order valence-electron chi connectivity index (χ3n) is 5.07. The summed E-state index contributed by atoms with van der Waals surface area (Å²) in [5.41, 5.74) is 1.56. The van der Waals surface area contributed by atoms with Gasteiger partial charge in [-0.3, -0.25) is 4.79 Å². The highest BCUT2D eigenvalue weighted by atomic mass is 32.2. The van der Waals surface area contributed by atoms with Crippen LogP contribution in [0.15, 0.2) is 53.3 Å². The molecule has 1 atom stereocenters. The zero-order valence-electron chi connectivity index (χ0n) is 14.5. The van der Waals surface area contributed by atoms with E-state index in [1.54, 1.807) is 6.07 Å². The molecule has 0 saturated carbocycles. The minimum absolute atomic E-state index is 0.315. The fourth-order valence-corrected chi connectivity index (χ4v) is 4.97. The fourth-order valence-electron chi connectivity index (χ4n) is 3.80. The van der Waals surface area contributed by atoms with Crippen LogP contribution in [0, 0.1) is 5.82 Å². The molecule has 2 aliphatic rings. The SMILES string of the molecule is O=c1nc2n(nc1-c1ccccc1)[C@]1(CCCSC1)Nc1cc(F)ccc1-2. The summed E-state index contributed by atoms with van der Waals surface area (Å²) in [6, 6.07) is 13.9. The Morgan fingerprint density at radius 3 is 2.81 bits per heavy atom. The minimum atomic E-state index is -0.511. The number of anilines is 1. The molecule has 1 saturated heterocycles. The third kappa shape index (κ3) is 2.65. The number of halogens is 1. The quantitative estimate of drug-likeness (QED) is 0.697. The predicted molar refractivity (Wildman–Crippen MR) is 105 cm³/mol. The molecule has 0 unspecified atom stereocenters. The smallest absolute Gasteiger partial charge is 0.300 e. The number of fused-ring (bicyclic) bond motifs is 4. The van der Waals surface area contributed by atoms with Crippen LogP contribution >= 0.6 is 11.8 Å². The maximum Gasteiger partial charge on any atom is 0.300 e. The molecule has 0 aliphatic carbocycles. The molecule has 1 aromatic heterocycles. The van der Waals surface area contributed by atoms with Gasteiger partial charge in [0.25, 0.3) is 5.56 Å². The van der Waals surface area contributed by atoms with Gasteiger partial charge in [-0.15, -0.1) is 0 Å². The van der Waals surface area contributed by atoms with Gasteiger partial charge >= 0.3 is 0 Å². The molecular formula is C20H17FN4OS. The summed E-state index contributed by atoms with van der Waals surface area (Å²) in [5.74, 6) is 2.04. The van der Waals surface area contributed by atoms with Gasteiger partial charge in [-0.1, -0.05) is 30.3 Å². The standard InChI is InChI=1S/C20H17FN4OS/c21-14-7-8-15-16(11-14)23-20(9-4-10-27-12-20)25-18(15)22-19(26)17(24-25)13-5-2-1-3-6-13/h1-3,5-8,11,23H,4,9-10,12H2/t20-/m0/s1. The topological polar surface area (TPSA) is 59.8 Å². The van der Waals surface area contributed by atoms with Gasteiger partial charge in [0, 0.05) is 22.6 Å². The molecule has 0 radical (unpaired) electrons. The van der Waals surface area contributed by atoms with Crippen molar-refractivity contribution in [3.63, 3.8) is 0 Å². The van der Waals surface area contributed by atoms with Crippen molar-refractivity contribution in [3.8, 4) is 22.6 Å². The highest BCUT2D eigenvalue weighted by Gasteiger charge is 2.41. The van der Waals surface area contributed by atoms with E-state index in [2.05, 4.69) is 10.3 Å². The van der Waals surface area contributed by atoms with Crippen LogP contribution in [0.4, 0.5) is 10.1 Å². The molecule has 1 N–H and O–H groups in total. The Balaban J connectivity index is 1.78. The van der Waals surface area contributed by atoms with Gasteiger partial charge in [0.1, 0.15) is 11.5 Å². The Kier molecular flexibility index (Phi) is 3.79. The maximum absolute atomic E-state index is 13.8. The molecule has 5 nitrogen and oxygen atoms in total. The summed E-state index contributed by atoms with van der Waals surface area (Å²) < 4.78 is 15.7. The molecule has 136 valence electrons. The van der Waals surface area contributed by atoms with Gasteiger partial charge in [0.15, 0.2) is 11.5 Å². The molecule has 1 spiro atoms. The zero-order chi connectivity index (χ0) is 18.4. The van der Waals surface area contributed by atoms with E-state index in [9.17, 15) is 9.18 Å². The van der Waals surface area contributed by atoms with Crippen LogP contribution in [0.3, 0.4) is 0 Å². The van der Waals surface area contributed by atoms with Crippen LogP contribution in [0.25, 0.3) is 22.6 Å². The van der Waals surface area contributed by atoms with Crippen molar-refractivity contribution >= 4 is 17.4 Å². The van der Waals surface area contributed by atoms with Crippen molar-refractivity contribution in [1.82, 2.24) is 14.8 Å². The van der Waals surface area contributed by atoms with E-state index in [-0.39, 0.29) is 11.4 Å². The monoisotopic (exact) mass is 380 g/mol. The van der Waals surface area contributed by atoms with E-state index >= 15 is 0 Å².